The smallest absolute Gasteiger partial charge is 0.217 e. The molecule has 1 rings (SSSR count). The van der Waals surface area contributed by atoms with Gasteiger partial charge in [0.15, 0.2) is 0 Å². The molecule has 0 heterocycles. The maximum absolute atomic E-state index is 11.7. The van der Waals surface area contributed by atoms with Crippen LogP contribution in [0.4, 0.5) is 0 Å². The highest BCUT2D eigenvalue weighted by atomic mass is 35.5. The van der Waals surface area contributed by atoms with Gasteiger partial charge >= 0.3 is 0 Å². The van der Waals surface area contributed by atoms with E-state index < -0.39 is 11.6 Å². The van der Waals surface area contributed by atoms with Crippen LogP contribution >= 0.6 is 34.8 Å². The van der Waals surface area contributed by atoms with Crippen LogP contribution in [0, 0.1) is 0 Å². The van der Waals surface area contributed by atoms with Crippen molar-refractivity contribution >= 4 is 46.4 Å². The molecule has 88 valence electrons. The van der Waals surface area contributed by atoms with Crippen LogP contribution in [0.25, 0.3) is 0 Å². The van der Waals surface area contributed by atoms with Gasteiger partial charge in [-0.2, -0.15) is 0 Å². The summed E-state index contributed by atoms with van der Waals surface area (Å²) in [6.45, 7) is 2.05. The lowest BCUT2D eigenvalue weighted by molar-refractivity contribution is -0.115. The molecular weight excluding hydrogens is 270 g/mol. The van der Waals surface area contributed by atoms with Crippen molar-refractivity contribution in [2.45, 2.75) is 32.6 Å². The van der Waals surface area contributed by atoms with Crippen LogP contribution in [0.3, 0.4) is 0 Å². The Hall–Kier alpha value is -0.310. The first-order chi connectivity index (χ1) is 7.50. The number of Topliss-reactive ketones (excluding diaryl/α,β-unsaturated/α-hetero) is 2. The van der Waals surface area contributed by atoms with Crippen LogP contribution in [-0.2, 0) is 9.59 Å². The first-order valence-corrected chi connectivity index (χ1v) is 6.17. The van der Waals surface area contributed by atoms with E-state index in [9.17, 15) is 9.59 Å². The van der Waals surface area contributed by atoms with E-state index in [0.29, 0.717) is 6.42 Å². The van der Waals surface area contributed by atoms with Gasteiger partial charge in [-0.3, -0.25) is 9.59 Å². The van der Waals surface area contributed by atoms with E-state index in [4.69, 9.17) is 34.8 Å². The summed E-state index contributed by atoms with van der Waals surface area (Å²) < 4.78 is 0. The first-order valence-electron chi connectivity index (χ1n) is 5.04. The topological polar surface area (TPSA) is 34.1 Å². The Kier molecular flexibility index (Phi) is 5.03. The van der Waals surface area contributed by atoms with E-state index in [1.807, 2.05) is 6.92 Å². The molecule has 0 fully saturated rings. The monoisotopic (exact) mass is 280 g/mol. The van der Waals surface area contributed by atoms with Gasteiger partial charge in [0.05, 0.1) is 5.03 Å². The molecule has 2 nitrogen and oxygen atoms in total. The molecule has 0 spiro atoms. The van der Waals surface area contributed by atoms with E-state index in [1.54, 1.807) is 0 Å². The van der Waals surface area contributed by atoms with Crippen LogP contribution < -0.4 is 0 Å². The second kappa shape index (κ2) is 5.85. The minimum absolute atomic E-state index is 0.0875. The number of unbranched alkanes of at least 4 members (excludes halogenated alkanes) is 2. The Morgan fingerprint density at radius 1 is 0.875 bits per heavy atom. The fourth-order valence-corrected chi connectivity index (χ4v) is 2.14. The predicted octanol–water partition coefficient (Wildman–Crippen LogP) is 3.90. The normalized spacial score (nSPS) is 17.5. The highest BCUT2D eigenvalue weighted by molar-refractivity contribution is 6.64. The highest BCUT2D eigenvalue weighted by Gasteiger charge is 2.31. The summed E-state index contributed by atoms with van der Waals surface area (Å²) in [5.41, 5.74) is 0.287. The summed E-state index contributed by atoms with van der Waals surface area (Å²) >= 11 is 17.1. The minimum Gasteiger partial charge on any atom is -0.288 e. The fraction of sp³-hybridized carbons (Fsp3) is 0.455. The SMILES string of the molecule is CCCCCC1=C(Cl)C(=O)C(Cl)=C(Cl)C1=O. The number of carbonyl (C=O) groups is 2. The van der Waals surface area contributed by atoms with Gasteiger partial charge in [0.25, 0.3) is 0 Å². The van der Waals surface area contributed by atoms with Crippen molar-refractivity contribution in [2.24, 2.45) is 0 Å². The lowest BCUT2D eigenvalue weighted by Gasteiger charge is -2.14. The molecule has 0 unspecified atom stereocenters. The Labute approximate surface area is 109 Å². The molecule has 0 amide bonds. The van der Waals surface area contributed by atoms with Gasteiger partial charge in [0.2, 0.25) is 11.6 Å². The van der Waals surface area contributed by atoms with Crippen LogP contribution in [0.1, 0.15) is 32.6 Å². The average molecular weight is 282 g/mol. The Morgan fingerprint density at radius 2 is 1.44 bits per heavy atom. The molecule has 0 aliphatic heterocycles. The Morgan fingerprint density at radius 3 is 2.00 bits per heavy atom. The highest BCUT2D eigenvalue weighted by Crippen LogP contribution is 2.33. The lowest BCUT2D eigenvalue weighted by atomic mass is 9.97. The van der Waals surface area contributed by atoms with Gasteiger partial charge in [-0.1, -0.05) is 54.6 Å². The third kappa shape index (κ3) is 2.68. The molecule has 1 aliphatic carbocycles. The molecule has 1 aliphatic rings. The van der Waals surface area contributed by atoms with E-state index in [2.05, 4.69) is 0 Å². The molecule has 5 heteroatoms. The lowest BCUT2D eigenvalue weighted by Crippen LogP contribution is -2.17. The summed E-state index contributed by atoms with van der Waals surface area (Å²) in [6.07, 6.45) is 3.28. The van der Waals surface area contributed by atoms with Crippen molar-refractivity contribution in [2.75, 3.05) is 0 Å². The van der Waals surface area contributed by atoms with Gasteiger partial charge in [-0.25, -0.2) is 0 Å². The zero-order valence-corrected chi connectivity index (χ0v) is 11.0. The zero-order valence-electron chi connectivity index (χ0n) is 8.78. The second-order valence-electron chi connectivity index (χ2n) is 3.54. The Balaban J connectivity index is 2.91. The minimum atomic E-state index is -0.556. The van der Waals surface area contributed by atoms with E-state index in [-0.39, 0.29) is 20.7 Å². The number of rotatable bonds is 4. The number of allylic oxidation sites excluding steroid dienone is 4. The summed E-state index contributed by atoms with van der Waals surface area (Å²) in [7, 11) is 0. The Bertz CT molecular complexity index is 394. The molecular formula is C11H11Cl3O2. The van der Waals surface area contributed by atoms with E-state index >= 15 is 0 Å². The number of hydrogen-bond acceptors (Lipinski definition) is 2. The average Bonchev–Trinajstić information content (AvgIpc) is 2.28. The third-order valence-corrected chi connectivity index (χ3v) is 3.58. The maximum Gasteiger partial charge on any atom is 0.217 e. The quantitative estimate of drug-likeness (QED) is 0.578. The largest absolute Gasteiger partial charge is 0.288 e. The summed E-state index contributed by atoms with van der Waals surface area (Å²) in [4.78, 5) is 23.2. The molecule has 0 saturated carbocycles. The van der Waals surface area contributed by atoms with Crippen molar-refractivity contribution in [3.8, 4) is 0 Å². The number of ketones is 2. The molecule has 0 aromatic carbocycles. The second-order valence-corrected chi connectivity index (χ2v) is 4.67. The van der Waals surface area contributed by atoms with Crippen molar-refractivity contribution in [3.63, 3.8) is 0 Å². The summed E-state index contributed by atoms with van der Waals surface area (Å²) in [6, 6.07) is 0. The van der Waals surface area contributed by atoms with Gasteiger partial charge in [-0.15, -0.1) is 0 Å². The van der Waals surface area contributed by atoms with E-state index in [0.717, 1.165) is 19.3 Å². The predicted molar refractivity (Wildman–Crippen MR) is 65.8 cm³/mol. The van der Waals surface area contributed by atoms with Crippen LogP contribution in [0.15, 0.2) is 20.7 Å². The molecule has 0 saturated heterocycles. The number of carbonyl (C=O) groups excluding carboxylic acids is 2. The zero-order chi connectivity index (χ0) is 12.3. The summed E-state index contributed by atoms with van der Waals surface area (Å²) in [5.74, 6) is -0.980. The van der Waals surface area contributed by atoms with Crippen molar-refractivity contribution in [1.29, 1.82) is 0 Å². The van der Waals surface area contributed by atoms with Crippen LogP contribution in [0.2, 0.25) is 0 Å². The molecule has 0 bridgehead atoms. The molecule has 0 atom stereocenters. The van der Waals surface area contributed by atoms with Gasteiger partial charge < -0.3 is 0 Å². The van der Waals surface area contributed by atoms with Gasteiger partial charge in [0.1, 0.15) is 10.1 Å². The van der Waals surface area contributed by atoms with Crippen molar-refractivity contribution in [1.82, 2.24) is 0 Å². The van der Waals surface area contributed by atoms with Crippen LogP contribution in [0.5, 0.6) is 0 Å². The third-order valence-electron chi connectivity index (χ3n) is 2.36. The van der Waals surface area contributed by atoms with Crippen LogP contribution in [-0.4, -0.2) is 11.6 Å². The van der Waals surface area contributed by atoms with Gasteiger partial charge in [0, 0.05) is 5.57 Å². The molecule has 0 aromatic heterocycles. The fourth-order valence-electron chi connectivity index (χ4n) is 1.44. The standard InChI is InChI=1S/C11H11Cl3O2/c1-2-3-4-5-6-7(12)11(16)9(14)8(13)10(6)15/h2-5H2,1H3. The first kappa shape index (κ1) is 13.8. The molecule has 16 heavy (non-hydrogen) atoms. The number of halogens is 3. The maximum atomic E-state index is 11.7. The van der Waals surface area contributed by atoms with Crippen molar-refractivity contribution in [3.05, 3.63) is 20.7 Å². The van der Waals surface area contributed by atoms with Gasteiger partial charge in [-0.05, 0) is 12.8 Å². The van der Waals surface area contributed by atoms with Crippen molar-refractivity contribution < 1.29 is 9.59 Å². The molecule has 0 N–H and O–H groups in total. The summed E-state index contributed by atoms with van der Waals surface area (Å²) in [5, 5.41) is -0.589. The molecule has 0 radical (unpaired) electrons. The van der Waals surface area contributed by atoms with E-state index in [1.165, 1.54) is 0 Å². The molecule has 0 aromatic rings. The number of hydrogen-bond donors (Lipinski definition) is 0.